The number of hydrogen-bond donors (Lipinski definition) is 1. The topological polar surface area (TPSA) is 109 Å². The number of aryl methyl sites for hydroxylation is 1. The van der Waals surface area contributed by atoms with Gasteiger partial charge in [-0.2, -0.15) is 0 Å². The van der Waals surface area contributed by atoms with Crippen molar-refractivity contribution in [1.82, 2.24) is 14.6 Å². The zero-order chi connectivity index (χ0) is 28.3. The summed E-state index contributed by atoms with van der Waals surface area (Å²) in [5.41, 5.74) is -1.19. The van der Waals surface area contributed by atoms with E-state index in [1.807, 2.05) is 0 Å². The minimum Gasteiger partial charge on any atom is -0.477 e. The van der Waals surface area contributed by atoms with E-state index in [0.29, 0.717) is 5.52 Å². The molecule has 2 aromatic heterocycles. The number of carbonyl (C=O) groups excluding carboxylic acids is 1. The lowest BCUT2D eigenvalue weighted by molar-refractivity contribution is 0.0693. The highest BCUT2D eigenvalue weighted by Crippen LogP contribution is 2.38. The number of benzene rings is 2. The molecule has 3 heterocycles. The number of hydrogen-bond acceptors (Lipinski definition) is 6. The van der Waals surface area contributed by atoms with Gasteiger partial charge in [-0.15, -0.1) is 0 Å². The number of carboxylic acids is 1. The first-order valence-corrected chi connectivity index (χ1v) is 12.7. The van der Waals surface area contributed by atoms with Crippen LogP contribution in [0.25, 0.3) is 22.2 Å². The van der Waals surface area contributed by atoms with Gasteiger partial charge in [0.25, 0.3) is 5.91 Å². The van der Waals surface area contributed by atoms with Crippen molar-refractivity contribution < 1.29 is 32.4 Å². The molecule has 40 heavy (non-hydrogen) atoms. The van der Waals surface area contributed by atoms with E-state index in [1.165, 1.54) is 24.1 Å². The van der Waals surface area contributed by atoms with Crippen molar-refractivity contribution in [2.75, 3.05) is 31.1 Å². The highest BCUT2D eigenvalue weighted by molar-refractivity contribution is 6.01. The molecule has 12 heteroatoms. The molecule has 4 aromatic rings. The van der Waals surface area contributed by atoms with Crippen molar-refractivity contribution in [3.05, 3.63) is 81.1 Å². The van der Waals surface area contributed by atoms with E-state index in [-0.39, 0.29) is 60.3 Å². The Morgan fingerprint density at radius 2 is 1.70 bits per heavy atom. The third kappa shape index (κ3) is 4.19. The summed E-state index contributed by atoms with van der Waals surface area (Å²) in [6.45, 7) is 2.31. The van der Waals surface area contributed by atoms with E-state index in [1.54, 1.807) is 15.5 Å². The Hall–Kier alpha value is -4.61. The van der Waals surface area contributed by atoms with Crippen molar-refractivity contribution in [1.29, 1.82) is 0 Å². The smallest absolute Gasteiger partial charge is 0.341 e. The van der Waals surface area contributed by atoms with Crippen LogP contribution >= 0.6 is 0 Å². The Labute approximate surface area is 225 Å². The normalized spacial score (nSPS) is 15.6. The zero-order valence-electron chi connectivity index (χ0n) is 21.3. The number of carboxylic acid groups (broad SMARTS) is 1. The maximum atomic E-state index is 15.3. The summed E-state index contributed by atoms with van der Waals surface area (Å²) in [7, 11) is 0. The minimum absolute atomic E-state index is 0.00213. The van der Waals surface area contributed by atoms with Gasteiger partial charge >= 0.3 is 5.97 Å². The van der Waals surface area contributed by atoms with Crippen LogP contribution in [0.15, 0.2) is 45.8 Å². The fraction of sp³-hybridized carbons (Fsp3) is 0.286. The second-order valence-electron chi connectivity index (χ2n) is 9.97. The average molecular weight is 553 g/mol. The molecule has 1 saturated carbocycles. The van der Waals surface area contributed by atoms with Crippen molar-refractivity contribution in [3.63, 3.8) is 0 Å². The maximum absolute atomic E-state index is 15.3. The first kappa shape index (κ1) is 25.7. The van der Waals surface area contributed by atoms with Gasteiger partial charge in [-0.05, 0) is 44.0 Å². The Kier molecular flexibility index (Phi) is 6.12. The predicted molar refractivity (Wildman–Crippen MR) is 138 cm³/mol. The monoisotopic (exact) mass is 552 g/mol. The van der Waals surface area contributed by atoms with E-state index >= 15 is 4.39 Å². The highest BCUT2D eigenvalue weighted by Gasteiger charge is 2.32. The molecule has 206 valence electrons. The summed E-state index contributed by atoms with van der Waals surface area (Å²) in [4.78, 5) is 41.0. The number of pyridine rings is 1. The van der Waals surface area contributed by atoms with Crippen LogP contribution in [0.1, 0.15) is 45.4 Å². The van der Waals surface area contributed by atoms with E-state index in [2.05, 4.69) is 5.16 Å². The molecule has 1 aliphatic heterocycles. The van der Waals surface area contributed by atoms with Crippen LogP contribution in [0.4, 0.5) is 18.9 Å². The van der Waals surface area contributed by atoms with Crippen molar-refractivity contribution in [2.24, 2.45) is 0 Å². The van der Waals surface area contributed by atoms with E-state index in [4.69, 9.17) is 4.52 Å². The summed E-state index contributed by atoms with van der Waals surface area (Å²) >= 11 is 0. The second-order valence-corrected chi connectivity index (χ2v) is 9.97. The van der Waals surface area contributed by atoms with Gasteiger partial charge in [0, 0.05) is 43.8 Å². The molecule has 0 radical (unpaired) electrons. The van der Waals surface area contributed by atoms with Crippen LogP contribution in [0.5, 0.6) is 0 Å². The van der Waals surface area contributed by atoms with E-state index in [0.717, 1.165) is 31.0 Å². The third-order valence-electron chi connectivity index (χ3n) is 7.46. The van der Waals surface area contributed by atoms with Crippen LogP contribution < -0.4 is 10.3 Å². The number of aromatic carboxylic acids is 1. The highest BCUT2D eigenvalue weighted by atomic mass is 19.1. The van der Waals surface area contributed by atoms with Gasteiger partial charge in [0.05, 0.1) is 16.8 Å². The average Bonchev–Trinajstić information content (AvgIpc) is 3.70. The van der Waals surface area contributed by atoms with Crippen molar-refractivity contribution >= 4 is 28.5 Å². The van der Waals surface area contributed by atoms with Crippen molar-refractivity contribution in [2.45, 2.75) is 25.8 Å². The second kappa shape index (κ2) is 9.54. The molecule has 2 aromatic carbocycles. The van der Waals surface area contributed by atoms with Crippen LogP contribution in [-0.4, -0.2) is 57.8 Å². The van der Waals surface area contributed by atoms with Gasteiger partial charge < -0.3 is 24.0 Å². The quantitative estimate of drug-likeness (QED) is 0.392. The fourth-order valence-corrected chi connectivity index (χ4v) is 5.24. The van der Waals surface area contributed by atoms with E-state index in [9.17, 15) is 28.3 Å². The summed E-state index contributed by atoms with van der Waals surface area (Å²) < 4.78 is 51.1. The summed E-state index contributed by atoms with van der Waals surface area (Å²) in [5.74, 6) is -4.20. The number of halogens is 3. The molecule has 1 saturated heterocycles. The summed E-state index contributed by atoms with van der Waals surface area (Å²) in [6, 6.07) is 6.01. The lowest BCUT2D eigenvalue weighted by atomic mass is 10.0. The van der Waals surface area contributed by atoms with Gasteiger partial charge in [0.2, 0.25) is 5.43 Å². The third-order valence-corrected chi connectivity index (χ3v) is 7.46. The largest absolute Gasteiger partial charge is 0.477 e. The first-order valence-electron chi connectivity index (χ1n) is 12.7. The number of nitrogens with zero attached hydrogens (tertiary/aromatic N) is 4. The SMILES string of the molecule is Cc1onc(-c2c(F)cccc2F)c1C(=O)N1CCN(c2cc3c(cc2F)c(=O)c(C(=O)O)cn3C2CC2)CC1. The fourth-order valence-electron chi connectivity index (χ4n) is 5.24. The van der Waals surface area contributed by atoms with Crippen LogP contribution in [0.3, 0.4) is 0 Å². The molecule has 1 N–H and O–H groups in total. The molecule has 0 bridgehead atoms. The molecule has 0 atom stereocenters. The predicted octanol–water partition coefficient (Wildman–Crippen LogP) is 4.38. The summed E-state index contributed by atoms with van der Waals surface area (Å²) in [5, 5.41) is 13.2. The van der Waals surface area contributed by atoms with Crippen LogP contribution in [0.2, 0.25) is 0 Å². The van der Waals surface area contributed by atoms with Crippen LogP contribution in [-0.2, 0) is 0 Å². The number of piperazine rings is 1. The Balaban J connectivity index is 1.28. The van der Waals surface area contributed by atoms with Gasteiger partial charge in [-0.25, -0.2) is 18.0 Å². The molecule has 2 aliphatic rings. The molecular formula is C28H23F3N4O5. The number of amides is 1. The molecule has 0 spiro atoms. The Morgan fingerprint density at radius 1 is 1.02 bits per heavy atom. The molecule has 2 fully saturated rings. The zero-order valence-corrected chi connectivity index (χ0v) is 21.3. The first-order chi connectivity index (χ1) is 19.2. The minimum atomic E-state index is -1.37. The molecule has 1 amide bonds. The van der Waals surface area contributed by atoms with Gasteiger partial charge in [-0.3, -0.25) is 9.59 Å². The Morgan fingerprint density at radius 3 is 2.33 bits per heavy atom. The lowest BCUT2D eigenvalue weighted by Gasteiger charge is -2.36. The maximum Gasteiger partial charge on any atom is 0.341 e. The molecule has 6 rings (SSSR count). The summed E-state index contributed by atoms with van der Waals surface area (Å²) in [6.07, 6.45) is 2.97. The number of carbonyl (C=O) groups is 2. The number of rotatable bonds is 5. The van der Waals surface area contributed by atoms with Gasteiger partial charge in [0.15, 0.2) is 0 Å². The number of fused-ring (bicyclic) bond motifs is 1. The molecule has 0 unspecified atom stereocenters. The standard InChI is InChI=1S/C28H23F3N4O5/c1-14-23(25(32-40-14)24-18(29)3-2-4-19(24)30)27(37)34-9-7-33(8-10-34)22-12-21-16(11-20(22)31)26(36)17(28(38)39)13-35(21)15-5-6-15/h2-4,11-13,15H,5-10H2,1H3,(H,38,39). The van der Waals surface area contributed by atoms with Gasteiger partial charge in [-0.1, -0.05) is 11.2 Å². The van der Waals surface area contributed by atoms with E-state index < -0.39 is 45.9 Å². The van der Waals surface area contributed by atoms with Crippen LogP contribution in [0, 0.1) is 24.4 Å². The lowest BCUT2D eigenvalue weighted by Crippen LogP contribution is -2.49. The molecule has 1 aliphatic carbocycles. The number of anilines is 1. The Bertz CT molecular complexity index is 1730. The van der Waals surface area contributed by atoms with Crippen molar-refractivity contribution in [3.8, 4) is 11.3 Å². The molecule has 9 nitrogen and oxygen atoms in total. The number of aromatic nitrogens is 2. The molecular weight excluding hydrogens is 529 g/mol. The van der Waals surface area contributed by atoms with Gasteiger partial charge in [0.1, 0.15) is 40.0 Å².